The Hall–Kier alpha value is -0.310. The van der Waals surface area contributed by atoms with Crippen molar-refractivity contribution >= 4 is 21.9 Å². The first-order valence-electron chi connectivity index (χ1n) is 3.24. The highest BCUT2D eigenvalue weighted by Crippen LogP contribution is 2.11. The van der Waals surface area contributed by atoms with E-state index in [-0.39, 0.29) is 5.97 Å². The molecule has 11 heavy (non-hydrogen) atoms. The van der Waals surface area contributed by atoms with Gasteiger partial charge < -0.3 is 4.74 Å². The molecule has 0 amide bonds. The van der Waals surface area contributed by atoms with Gasteiger partial charge in [-0.05, 0) is 0 Å². The number of halogens is 1. The van der Waals surface area contributed by atoms with E-state index in [1.807, 2.05) is 0 Å². The van der Waals surface area contributed by atoms with E-state index in [4.69, 9.17) is 0 Å². The van der Waals surface area contributed by atoms with Gasteiger partial charge in [0.25, 0.3) is 0 Å². The quantitative estimate of drug-likeness (QED) is 0.388. The molecule has 0 saturated heterocycles. The fourth-order valence-electron chi connectivity index (χ4n) is 0.117. The van der Waals surface area contributed by atoms with Gasteiger partial charge in [0.15, 0.2) is 0 Å². The predicted octanol–water partition coefficient (Wildman–Crippen LogP) is 2.87. The van der Waals surface area contributed by atoms with Crippen molar-refractivity contribution in [2.24, 2.45) is 0 Å². The Balaban J connectivity index is 0. The summed E-state index contributed by atoms with van der Waals surface area (Å²) in [6.45, 7) is 10.8. The second-order valence-corrected chi connectivity index (χ2v) is 5.22. The first kappa shape index (κ1) is 13.3. The molecule has 0 aromatic carbocycles. The molecule has 0 aromatic heterocycles. The number of esters is 1. The Morgan fingerprint density at radius 2 is 1.82 bits per heavy atom. The minimum absolute atomic E-state index is 0.312. The van der Waals surface area contributed by atoms with Crippen molar-refractivity contribution in [3.8, 4) is 0 Å². The minimum atomic E-state index is -0.329. The zero-order valence-corrected chi connectivity index (χ0v) is 9.06. The summed E-state index contributed by atoms with van der Waals surface area (Å²) in [6.07, 6.45) is 1.10. The van der Waals surface area contributed by atoms with Gasteiger partial charge in [0, 0.05) is 11.2 Å². The maximum atomic E-state index is 9.75. The van der Waals surface area contributed by atoms with E-state index in [9.17, 15) is 4.79 Å². The molecular weight excluding hydrogens is 208 g/mol. The zero-order chi connectivity index (χ0) is 9.49. The summed E-state index contributed by atoms with van der Waals surface area (Å²) in [4.78, 5) is 9.75. The van der Waals surface area contributed by atoms with E-state index < -0.39 is 0 Å². The van der Waals surface area contributed by atoms with Crippen LogP contribution < -0.4 is 0 Å². The van der Waals surface area contributed by atoms with Gasteiger partial charge in [-0.2, -0.15) is 0 Å². The highest BCUT2D eigenvalue weighted by Gasteiger charge is 1.98. The lowest BCUT2D eigenvalue weighted by Gasteiger charge is -2.02. The predicted molar refractivity (Wildman–Crippen MR) is 50.6 cm³/mol. The summed E-state index contributed by atoms with van der Waals surface area (Å²) in [5, 5.41) is 0. The Labute approximate surface area is 76.8 Å². The van der Waals surface area contributed by atoms with Crippen LogP contribution in [-0.2, 0) is 9.53 Å². The highest BCUT2D eigenvalue weighted by atomic mass is 79.9. The molecule has 0 aliphatic heterocycles. The Morgan fingerprint density at radius 3 is 1.82 bits per heavy atom. The van der Waals surface area contributed by atoms with E-state index in [2.05, 4.69) is 48.0 Å². The average Bonchev–Trinajstić information content (AvgIpc) is 1.58. The summed E-state index contributed by atoms with van der Waals surface area (Å²) in [7, 11) is 0. The van der Waals surface area contributed by atoms with E-state index in [1.165, 1.54) is 6.92 Å². The van der Waals surface area contributed by atoms with Crippen LogP contribution in [0.1, 0.15) is 27.7 Å². The second-order valence-electron chi connectivity index (χ2n) is 2.84. The standard InChI is InChI=1S/C4H9Br.C4H6O2/c1-4(2,3)5;1-3-6-4(2)5/h1-3H3;3H,1H2,2H3. The lowest BCUT2D eigenvalue weighted by Crippen LogP contribution is -1.97. The van der Waals surface area contributed by atoms with Crippen molar-refractivity contribution in [1.29, 1.82) is 0 Å². The SMILES string of the molecule is C=COC(C)=O.CC(C)(C)Br. The first-order valence-corrected chi connectivity index (χ1v) is 4.03. The molecule has 0 fully saturated rings. The molecule has 0 rings (SSSR count). The van der Waals surface area contributed by atoms with Gasteiger partial charge in [0.1, 0.15) is 0 Å². The first-order chi connectivity index (χ1) is 4.77. The Morgan fingerprint density at radius 1 is 1.55 bits per heavy atom. The lowest BCUT2D eigenvalue weighted by atomic mass is 10.3. The highest BCUT2D eigenvalue weighted by molar-refractivity contribution is 9.10. The fourth-order valence-corrected chi connectivity index (χ4v) is 0.117. The number of rotatable bonds is 1. The van der Waals surface area contributed by atoms with Crippen LogP contribution in [0.25, 0.3) is 0 Å². The summed E-state index contributed by atoms with van der Waals surface area (Å²) in [6, 6.07) is 0. The van der Waals surface area contributed by atoms with Gasteiger partial charge in [-0.1, -0.05) is 43.3 Å². The molecule has 0 spiro atoms. The van der Waals surface area contributed by atoms with Crippen LogP contribution >= 0.6 is 15.9 Å². The summed E-state index contributed by atoms with van der Waals surface area (Å²) in [5.41, 5.74) is 0. The minimum Gasteiger partial charge on any atom is -0.435 e. The number of ether oxygens (including phenoxy) is 1. The third-order valence-corrected chi connectivity index (χ3v) is 0.249. The van der Waals surface area contributed by atoms with E-state index in [0.29, 0.717) is 4.32 Å². The average molecular weight is 223 g/mol. The van der Waals surface area contributed by atoms with Crippen molar-refractivity contribution in [3.05, 3.63) is 12.8 Å². The van der Waals surface area contributed by atoms with Crippen molar-refractivity contribution in [2.45, 2.75) is 32.0 Å². The van der Waals surface area contributed by atoms with Gasteiger partial charge in [0.2, 0.25) is 0 Å². The summed E-state index contributed by atoms with van der Waals surface area (Å²) in [5.74, 6) is -0.329. The molecule has 2 nitrogen and oxygen atoms in total. The number of alkyl halides is 1. The molecule has 0 aliphatic rings. The van der Waals surface area contributed by atoms with Crippen molar-refractivity contribution in [2.75, 3.05) is 0 Å². The monoisotopic (exact) mass is 222 g/mol. The third kappa shape index (κ3) is 79.2. The van der Waals surface area contributed by atoms with E-state index in [0.717, 1.165) is 6.26 Å². The fraction of sp³-hybridized carbons (Fsp3) is 0.625. The second kappa shape index (κ2) is 6.40. The van der Waals surface area contributed by atoms with Crippen LogP contribution in [-0.4, -0.2) is 10.3 Å². The number of carbonyl (C=O) groups excluding carboxylic acids is 1. The third-order valence-electron chi connectivity index (χ3n) is 0.249. The zero-order valence-electron chi connectivity index (χ0n) is 7.48. The maximum Gasteiger partial charge on any atom is 0.307 e. The molecule has 0 radical (unpaired) electrons. The van der Waals surface area contributed by atoms with Gasteiger partial charge in [0.05, 0.1) is 6.26 Å². The van der Waals surface area contributed by atoms with Crippen LogP contribution in [0.5, 0.6) is 0 Å². The van der Waals surface area contributed by atoms with E-state index in [1.54, 1.807) is 0 Å². The smallest absolute Gasteiger partial charge is 0.307 e. The molecule has 66 valence electrons. The van der Waals surface area contributed by atoms with Crippen molar-refractivity contribution in [1.82, 2.24) is 0 Å². The largest absolute Gasteiger partial charge is 0.435 e. The molecule has 0 atom stereocenters. The molecule has 0 aromatic rings. The topological polar surface area (TPSA) is 26.3 Å². The van der Waals surface area contributed by atoms with Crippen LogP contribution in [0.2, 0.25) is 0 Å². The van der Waals surface area contributed by atoms with E-state index >= 15 is 0 Å². The lowest BCUT2D eigenvalue weighted by molar-refractivity contribution is -0.135. The van der Waals surface area contributed by atoms with Gasteiger partial charge in [-0.25, -0.2) is 0 Å². The summed E-state index contributed by atoms with van der Waals surface area (Å²) < 4.78 is 4.48. The number of carbonyl (C=O) groups is 1. The normalized spacial score (nSPS) is 9.18. The molecule has 0 N–H and O–H groups in total. The molecule has 0 bridgehead atoms. The molecular formula is C8H15BrO2. The Bertz CT molecular complexity index is 119. The van der Waals surface area contributed by atoms with Crippen LogP contribution in [0.4, 0.5) is 0 Å². The van der Waals surface area contributed by atoms with Gasteiger partial charge in [-0.15, -0.1) is 0 Å². The van der Waals surface area contributed by atoms with Crippen LogP contribution in [0.15, 0.2) is 12.8 Å². The van der Waals surface area contributed by atoms with Crippen LogP contribution in [0, 0.1) is 0 Å². The van der Waals surface area contributed by atoms with Gasteiger partial charge >= 0.3 is 5.97 Å². The number of hydrogen-bond donors (Lipinski definition) is 0. The number of hydrogen-bond acceptors (Lipinski definition) is 2. The van der Waals surface area contributed by atoms with Gasteiger partial charge in [-0.3, -0.25) is 4.79 Å². The molecule has 0 saturated carbocycles. The molecule has 0 heterocycles. The Kier molecular flexibility index (Phi) is 7.74. The van der Waals surface area contributed by atoms with Crippen molar-refractivity contribution in [3.63, 3.8) is 0 Å². The van der Waals surface area contributed by atoms with Crippen molar-refractivity contribution < 1.29 is 9.53 Å². The molecule has 0 aliphatic carbocycles. The summed E-state index contributed by atoms with van der Waals surface area (Å²) >= 11 is 3.38. The molecule has 0 unspecified atom stereocenters. The van der Waals surface area contributed by atoms with Crippen LogP contribution in [0.3, 0.4) is 0 Å². The molecule has 3 heteroatoms. The maximum absolute atomic E-state index is 9.75.